The Bertz CT molecular complexity index is 579. The molecule has 0 saturated carbocycles. The average molecular weight is 268 g/mol. The maximum absolute atomic E-state index is 5.30. The van der Waals surface area contributed by atoms with E-state index in [0.717, 1.165) is 23.3 Å². The molecule has 0 aliphatic rings. The fourth-order valence-corrected chi connectivity index (χ4v) is 1.94. The van der Waals surface area contributed by atoms with Crippen LogP contribution in [-0.4, -0.2) is 13.3 Å². The largest absolute Gasteiger partial charge is 0.496 e. The van der Waals surface area contributed by atoms with Gasteiger partial charge in [0.15, 0.2) is 0 Å². The molecular weight excluding hydrogens is 250 g/mol. The Morgan fingerprint density at radius 3 is 2.45 bits per heavy atom. The van der Waals surface area contributed by atoms with Crippen LogP contribution < -0.4 is 4.74 Å². The van der Waals surface area contributed by atoms with E-state index in [1.165, 1.54) is 5.56 Å². The van der Waals surface area contributed by atoms with Gasteiger partial charge < -0.3 is 9.57 Å². The zero-order chi connectivity index (χ0) is 14.2. The first-order valence-corrected chi connectivity index (χ1v) is 6.63. The first-order chi connectivity index (χ1) is 9.85. The predicted octanol–water partition coefficient (Wildman–Crippen LogP) is 3.69. The van der Waals surface area contributed by atoms with E-state index in [4.69, 9.17) is 9.57 Å². The summed E-state index contributed by atoms with van der Waals surface area (Å²) in [5.41, 5.74) is 3.14. The van der Waals surface area contributed by atoms with Crippen LogP contribution in [0.25, 0.3) is 0 Å². The van der Waals surface area contributed by atoms with E-state index < -0.39 is 0 Å². The summed E-state index contributed by atoms with van der Waals surface area (Å²) >= 11 is 0. The molecule has 2 rings (SSSR count). The normalized spacial score (nSPS) is 10.7. The Labute approximate surface area is 119 Å². The minimum absolute atomic E-state index is 0.366. The van der Waals surface area contributed by atoms with Gasteiger partial charge >= 0.3 is 0 Å². The molecule has 0 bridgehead atoms. The molecule has 0 amide bonds. The summed E-state index contributed by atoms with van der Waals surface area (Å²) in [6, 6.07) is 15.8. The van der Waals surface area contributed by atoms with Crippen LogP contribution in [0.1, 0.15) is 23.6 Å². The molecule has 0 saturated heterocycles. The van der Waals surface area contributed by atoms with Gasteiger partial charge in [0.2, 0.25) is 0 Å². The molecular formula is C17H18NO2. The molecule has 20 heavy (non-hydrogen) atoms. The molecule has 0 spiro atoms. The van der Waals surface area contributed by atoms with Crippen LogP contribution in [0.4, 0.5) is 0 Å². The minimum Gasteiger partial charge on any atom is -0.496 e. The fraction of sp³-hybridized carbons (Fsp3) is 0.235. The summed E-state index contributed by atoms with van der Waals surface area (Å²) in [6.45, 7) is 2.47. The second-order valence-corrected chi connectivity index (χ2v) is 4.30. The van der Waals surface area contributed by atoms with E-state index >= 15 is 0 Å². The van der Waals surface area contributed by atoms with Crippen molar-refractivity contribution in [2.45, 2.75) is 20.0 Å². The third-order valence-corrected chi connectivity index (χ3v) is 3.04. The van der Waals surface area contributed by atoms with Gasteiger partial charge in [-0.1, -0.05) is 54.5 Å². The van der Waals surface area contributed by atoms with Crippen molar-refractivity contribution < 1.29 is 9.57 Å². The molecule has 0 N–H and O–H groups in total. The summed E-state index contributed by atoms with van der Waals surface area (Å²) in [5.74, 6) is 0.802. The van der Waals surface area contributed by atoms with E-state index in [1.54, 1.807) is 7.11 Å². The van der Waals surface area contributed by atoms with Crippen LogP contribution in [0.3, 0.4) is 0 Å². The molecule has 2 aromatic rings. The molecule has 2 aromatic carbocycles. The Hall–Kier alpha value is -2.29. The highest BCUT2D eigenvalue weighted by Crippen LogP contribution is 2.18. The summed E-state index contributed by atoms with van der Waals surface area (Å²) in [6.07, 6.45) is 3.88. The number of nitrogens with zero attached hydrogens (tertiary/aromatic N) is 1. The first kappa shape index (κ1) is 14.1. The van der Waals surface area contributed by atoms with Crippen LogP contribution >= 0.6 is 0 Å². The standard InChI is InChI=1S/C17H18NO2/c1-3-14-8-4-5-9-15(14)12-18-20-13-16-10-6-7-11-17(16)19-2/h4-11H,3,13H2,1-2H3. The third kappa shape index (κ3) is 3.60. The van der Waals surface area contributed by atoms with Gasteiger partial charge in [-0.05, 0) is 18.1 Å². The Balaban J connectivity index is 1.97. The fourth-order valence-electron chi connectivity index (χ4n) is 1.94. The Morgan fingerprint density at radius 1 is 1.00 bits per heavy atom. The second kappa shape index (κ2) is 7.34. The van der Waals surface area contributed by atoms with E-state index in [9.17, 15) is 0 Å². The lowest BCUT2D eigenvalue weighted by Gasteiger charge is -2.06. The lowest BCUT2D eigenvalue weighted by Crippen LogP contribution is -1.94. The van der Waals surface area contributed by atoms with Crippen molar-refractivity contribution in [3.05, 3.63) is 65.2 Å². The zero-order valence-corrected chi connectivity index (χ0v) is 11.8. The minimum atomic E-state index is 0.366. The van der Waals surface area contributed by atoms with Crippen molar-refractivity contribution in [2.75, 3.05) is 7.11 Å². The van der Waals surface area contributed by atoms with Crippen molar-refractivity contribution in [1.82, 2.24) is 0 Å². The van der Waals surface area contributed by atoms with Crippen LogP contribution in [0.15, 0.2) is 53.7 Å². The van der Waals surface area contributed by atoms with Gasteiger partial charge in [0, 0.05) is 11.1 Å². The molecule has 0 aliphatic carbocycles. The van der Waals surface area contributed by atoms with E-state index in [1.807, 2.05) is 42.5 Å². The number of para-hydroxylation sites is 1. The van der Waals surface area contributed by atoms with Crippen molar-refractivity contribution in [3.63, 3.8) is 0 Å². The van der Waals surface area contributed by atoms with Crippen LogP contribution in [0, 0.1) is 0 Å². The molecule has 103 valence electrons. The number of rotatable bonds is 6. The van der Waals surface area contributed by atoms with Crippen molar-refractivity contribution in [1.29, 1.82) is 0 Å². The SMILES string of the molecule is CCc1ccccc1/[C]=N\OCc1ccccc1OC. The summed E-state index contributed by atoms with van der Waals surface area (Å²) in [7, 11) is 1.64. The number of methoxy groups -OCH3 is 1. The quantitative estimate of drug-likeness (QED) is 0.591. The highest BCUT2D eigenvalue weighted by molar-refractivity contribution is 5.81. The number of hydrogen-bond donors (Lipinski definition) is 0. The second-order valence-electron chi connectivity index (χ2n) is 4.30. The van der Waals surface area contributed by atoms with Gasteiger partial charge in [0.25, 0.3) is 0 Å². The highest BCUT2D eigenvalue weighted by Gasteiger charge is 2.01. The molecule has 0 atom stereocenters. The van der Waals surface area contributed by atoms with Gasteiger partial charge in [-0.2, -0.15) is 0 Å². The molecule has 0 aromatic heterocycles. The lowest BCUT2D eigenvalue weighted by molar-refractivity contribution is 0.130. The van der Waals surface area contributed by atoms with E-state index in [-0.39, 0.29) is 0 Å². The molecule has 0 unspecified atom stereocenters. The summed E-state index contributed by atoms with van der Waals surface area (Å²) in [4.78, 5) is 5.30. The van der Waals surface area contributed by atoms with E-state index in [2.05, 4.69) is 24.4 Å². The Kier molecular flexibility index (Phi) is 5.18. The topological polar surface area (TPSA) is 30.8 Å². The van der Waals surface area contributed by atoms with Gasteiger partial charge in [-0.3, -0.25) is 0 Å². The van der Waals surface area contributed by atoms with Crippen LogP contribution in [-0.2, 0) is 17.9 Å². The molecule has 0 aliphatic heterocycles. The third-order valence-electron chi connectivity index (χ3n) is 3.04. The maximum Gasteiger partial charge on any atom is 0.145 e. The van der Waals surface area contributed by atoms with Gasteiger partial charge in [0.1, 0.15) is 18.6 Å². The Morgan fingerprint density at radius 2 is 1.70 bits per heavy atom. The zero-order valence-electron chi connectivity index (χ0n) is 11.8. The van der Waals surface area contributed by atoms with E-state index in [0.29, 0.717) is 6.61 Å². The van der Waals surface area contributed by atoms with Crippen molar-refractivity contribution in [2.24, 2.45) is 5.16 Å². The number of hydrogen-bond acceptors (Lipinski definition) is 3. The lowest BCUT2D eigenvalue weighted by atomic mass is 10.1. The molecule has 0 fully saturated rings. The molecule has 1 radical (unpaired) electrons. The highest BCUT2D eigenvalue weighted by atomic mass is 16.6. The smallest absolute Gasteiger partial charge is 0.145 e. The molecule has 3 nitrogen and oxygen atoms in total. The average Bonchev–Trinajstić information content (AvgIpc) is 2.52. The number of aryl methyl sites for hydroxylation is 1. The predicted molar refractivity (Wildman–Crippen MR) is 80.1 cm³/mol. The maximum atomic E-state index is 5.30. The van der Waals surface area contributed by atoms with Gasteiger partial charge in [-0.15, -0.1) is 0 Å². The first-order valence-electron chi connectivity index (χ1n) is 6.63. The van der Waals surface area contributed by atoms with Gasteiger partial charge in [-0.25, -0.2) is 0 Å². The van der Waals surface area contributed by atoms with Crippen LogP contribution in [0.2, 0.25) is 0 Å². The van der Waals surface area contributed by atoms with Crippen molar-refractivity contribution in [3.8, 4) is 5.75 Å². The summed E-state index contributed by atoms with van der Waals surface area (Å²) in [5, 5.41) is 3.92. The van der Waals surface area contributed by atoms with Gasteiger partial charge in [0.05, 0.1) is 7.11 Å². The monoisotopic (exact) mass is 268 g/mol. The number of benzene rings is 2. The molecule has 0 heterocycles. The van der Waals surface area contributed by atoms with Crippen molar-refractivity contribution >= 4 is 6.21 Å². The molecule has 3 heteroatoms. The van der Waals surface area contributed by atoms with Crippen LogP contribution in [0.5, 0.6) is 5.75 Å². The summed E-state index contributed by atoms with van der Waals surface area (Å²) < 4.78 is 5.26. The number of ether oxygens (including phenoxy) is 1.